The van der Waals surface area contributed by atoms with Gasteiger partial charge in [0.25, 0.3) is 5.91 Å². The van der Waals surface area contributed by atoms with Gasteiger partial charge < -0.3 is 29.3 Å². The van der Waals surface area contributed by atoms with Crippen LogP contribution in [0, 0.1) is 0 Å². The van der Waals surface area contributed by atoms with E-state index in [0.29, 0.717) is 47.3 Å². The van der Waals surface area contributed by atoms with Crippen LogP contribution in [0.4, 0.5) is 10.1 Å². The molecule has 0 saturated carbocycles. The van der Waals surface area contributed by atoms with Gasteiger partial charge >= 0.3 is 13.5 Å². The lowest BCUT2D eigenvalue weighted by molar-refractivity contribution is -0.148. The molecule has 58 heavy (non-hydrogen) atoms. The molecule has 1 unspecified atom stereocenters. The van der Waals surface area contributed by atoms with Crippen molar-refractivity contribution in [2.45, 2.75) is 88.4 Å². The second kappa shape index (κ2) is 17.6. The molecule has 3 aliphatic rings. The molecule has 6 atom stereocenters. The number of likely N-dealkylation sites (tertiary alicyclic amines) is 1. The quantitative estimate of drug-likeness (QED) is 0.103. The zero-order valence-corrected chi connectivity index (χ0v) is 34.8. The molecular formula is C42H50FN6O7PS. The minimum atomic E-state index is -4.44. The number of aromatic nitrogens is 1. The van der Waals surface area contributed by atoms with E-state index in [4.69, 9.17) is 9.26 Å². The van der Waals surface area contributed by atoms with Gasteiger partial charge in [-0.25, -0.2) is 9.48 Å². The molecular weight excluding hydrogens is 783 g/mol. The number of pyridine rings is 1. The lowest BCUT2D eigenvalue weighted by Crippen LogP contribution is -2.58. The number of thiophene rings is 1. The van der Waals surface area contributed by atoms with Crippen LogP contribution in [0.2, 0.25) is 0 Å². The Hall–Kier alpha value is -4.85. The summed E-state index contributed by atoms with van der Waals surface area (Å²) in [5.41, 5.74) is 2.20. The zero-order valence-electron chi connectivity index (χ0n) is 33.1. The molecule has 2 aromatic carbocycles. The molecule has 0 bridgehead atoms. The van der Waals surface area contributed by atoms with Crippen LogP contribution in [-0.4, -0.2) is 96.4 Å². The van der Waals surface area contributed by atoms with Crippen molar-refractivity contribution in [1.82, 2.24) is 25.2 Å². The lowest BCUT2D eigenvalue weighted by atomic mass is 9.90. The van der Waals surface area contributed by atoms with E-state index in [9.17, 15) is 23.7 Å². The van der Waals surface area contributed by atoms with Gasteiger partial charge in [-0.2, -0.15) is 0 Å². The molecule has 3 amide bonds. The number of para-hydroxylation sites is 1. The summed E-state index contributed by atoms with van der Waals surface area (Å²) in [4.78, 5) is 64.6. The highest BCUT2D eigenvalue weighted by atomic mass is 32.1. The number of anilines is 1. The highest BCUT2D eigenvalue weighted by Crippen LogP contribution is 2.58. The van der Waals surface area contributed by atoms with E-state index in [2.05, 4.69) is 15.4 Å². The summed E-state index contributed by atoms with van der Waals surface area (Å²) in [7, 11) is -0.469. The Morgan fingerprint density at radius 1 is 1.05 bits per heavy atom. The molecule has 3 saturated heterocycles. The number of amides is 3. The standard InChI is InChI=1S/C42H50FN6O7PS/c1-5-20-55-42(53)26(2)46-57(54,56-31-11-7-6-8-12-31)38(43)27-14-17-36-28(21-27)22-37(58-36)39(50)45-33-13-9-10-30-15-16-35(49(30)40(33)51)41(52)48-24-29(25-48)32-23-44-19-18-34(32)47(3)4/h6-8,11-12,14,17-19,21-23,26,29-30,33,35,38H,5,9-10,13,15-16,20,24-25H2,1-4H3,(H,45,50)(H,46,54)/t26-,30-,33-,35-,38-,57?/m0/s1. The molecule has 0 spiro atoms. The van der Waals surface area contributed by atoms with Crippen molar-refractivity contribution in [2.75, 3.05) is 38.7 Å². The van der Waals surface area contributed by atoms with Crippen molar-refractivity contribution in [2.24, 2.45) is 0 Å². The summed E-state index contributed by atoms with van der Waals surface area (Å²) in [6, 6.07) is 13.8. The maximum absolute atomic E-state index is 16.5. The summed E-state index contributed by atoms with van der Waals surface area (Å²) in [6.07, 6.45) is 7.47. The van der Waals surface area contributed by atoms with Gasteiger partial charge in [-0.3, -0.25) is 28.7 Å². The third-order valence-corrected chi connectivity index (χ3v) is 14.4. The fourth-order valence-corrected chi connectivity index (χ4v) is 11.0. The van der Waals surface area contributed by atoms with Gasteiger partial charge in [-0.1, -0.05) is 31.2 Å². The predicted molar refractivity (Wildman–Crippen MR) is 221 cm³/mol. The number of nitrogens with one attached hydrogen (secondary N) is 2. The highest BCUT2D eigenvalue weighted by Gasteiger charge is 2.48. The first-order valence-corrected chi connectivity index (χ1v) is 22.4. The largest absolute Gasteiger partial charge is 0.465 e. The van der Waals surface area contributed by atoms with Gasteiger partial charge in [-0.15, -0.1) is 11.3 Å². The smallest absolute Gasteiger partial charge is 0.355 e. The van der Waals surface area contributed by atoms with E-state index >= 15 is 4.39 Å². The van der Waals surface area contributed by atoms with Gasteiger partial charge in [0.15, 0.2) is 0 Å². The maximum Gasteiger partial charge on any atom is 0.355 e. The number of carbonyl (C=O) groups excluding carboxylic acids is 4. The molecule has 2 aromatic heterocycles. The molecule has 308 valence electrons. The molecule has 13 nitrogen and oxygen atoms in total. The number of esters is 1. The highest BCUT2D eigenvalue weighted by molar-refractivity contribution is 7.57. The average molecular weight is 833 g/mol. The summed E-state index contributed by atoms with van der Waals surface area (Å²) < 4.78 is 42.4. The molecule has 0 radical (unpaired) electrons. The molecule has 2 N–H and O–H groups in total. The predicted octanol–water partition coefficient (Wildman–Crippen LogP) is 6.80. The number of fused-ring (bicyclic) bond motifs is 2. The average Bonchev–Trinajstić information content (AvgIpc) is 3.79. The van der Waals surface area contributed by atoms with Gasteiger partial charge in [0.1, 0.15) is 23.9 Å². The fourth-order valence-electron chi connectivity index (χ4n) is 8.10. The third kappa shape index (κ3) is 8.62. The van der Waals surface area contributed by atoms with Gasteiger partial charge in [0, 0.05) is 67.5 Å². The summed E-state index contributed by atoms with van der Waals surface area (Å²) >= 11 is 1.19. The summed E-state index contributed by atoms with van der Waals surface area (Å²) in [5, 5.41) is 6.07. The molecule has 16 heteroatoms. The molecule has 3 aliphatic heterocycles. The Bertz CT molecular complexity index is 2200. The van der Waals surface area contributed by atoms with Crippen LogP contribution in [0.5, 0.6) is 5.75 Å². The van der Waals surface area contributed by atoms with Crippen LogP contribution in [0.15, 0.2) is 73.1 Å². The van der Waals surface area contributed by atoms with Crippen LogP contribution >= 0.6 is 18.9 Å². The second-order valence-corrected chi connectivity index (χ2v) is 18.7. The Kier molecular flexibility index (Phi) is 12.5. The number of halogens is 1. The number of rotatable bonds is 14. The van der Waals surface area contributed by atoms with Gasteiger partial charge in [0.05, 0.1) is 11.5 Å². The van der Waals surface area contributed by atoms with Crippen LogP contribution in [-0.2, 0) is 23.7 Å². The van der Waals surface area contributed by atoms with E-state index in [1.807, 2.05) is 43.1 Å². The van der Waals surface area contributed by atoms with E-state index in [1.165, 1.54) is 30.4 Å². The summed E-state index contributed by atoms with van der Waals surface area (Å²) in [5.74, 6) is -3.30. The fraction of sp³-hybridized carbons (Fsp3) is 0.452. The number of benzene rings is 2. The maximum atomic E-state index is 16.5. The molecule has 4 aromatic rings. The second-order valence-electron chi connectivity index (χ2n) is 15.5. The number of hydrogen-bond acceptors (Lipinski definition) is 10. The first kappa shape index (κ1) is 41.3. The Morgan fingerprint density at radius 2 is 1.83 bits per heavy atom. The Balaban J connectivity index is 1.03. The van der Waals surface area contributed by atoms with Crippen LogP contribution < -0.4 is 19.8 Å². The molecule has 3 fully saturated rings. The number of ether oxygens (including phenoxy) is 1. The Labute approximate surface area is 341 Å². The third-order valence-electron chi connectivity index (χ3n) is 11.1. The molecule has 7 rings (SSSR count). The van der Waals surface area contributed by atoms with Crippen molar-refractivity contribution < 1.29 is 37.4 Å². The first-order valence-electron chi connectivity index (χ1n) is 19.9. The first-order chi connectivity index (χ1) is 27.9. The van der Waals surface area contributed by atoms with Crippen molar-refractivity contribution in [3.05, 3.63) is 89.1 Å². The molecule has 5 heterocycles. The number of nitrogens with zero attached hydrogens (tertiary/aromatic N) is 4. The van der Waals surface area contributed by atoms with Gasteiger partial charge in [0.2, 0.25) is 17.7 Å². The topological polar surface area (TPSA) is 150 Å². The van der Waals surface area contributed by atoms with E-state index in [0.717, 1.165) is 30.5 Å². The zero-order chi connectivity index (χ0) is 41.1. The van der Waals surface area contributed by atoms with Crippen molar-refractivity contribution in [3.63, 3.8) is 0 Å². The van der Waals surface area contributed by atoms with Crippen molar-refractivity contribution >= 4 is 58.3 Å². The van der Waals surface area contributed by atoms with Crippen LogP contribution in [0.1, 0.15) is 85.0 Å². The minimum Gasteiger partial charge on any atom is -0.465 e. The number of alkyl halides is 1. The minimum absolute atomic E-state index is 0.0278. The van der Waals surface area contributed by atoms with E-state index < -0.39 is 43.4 Å². The van der Waals surface area contributed by atoms with Gasteiger partial charge in [-0.05, 0) is 92.8 Å². The number of hydrogen-bond donors (Lipinski definition) is 2. The van der Waals surface area contributed by atoms with Crippen LogP contribution in [0.3, 0.4) is 0 Å². The summed E-state index contributed by atoms with van der Waals surface area (Å²) in [6.45, 7) is 4.57. The van der Waals surface area contributed by atoms with E-state index in [-0.39, 0.29) is 41.7 Å². The normalized spacial score (nSPS) is 21.6. The monoisotopic (exact) mass is 832 g/mol. The van der Waals surface area contributed by atoms with E-state index in [1.54, 1.807) is 53.6 Å². The van der Waals surface area contributed by atoms with Crippen LogP contribution in [0.25, 0.3) is 10.1 Å². The lowest BCUT2D eigenvalue weighted by Gasteiger charge is -2.43. The SMILES string of the molecule is CCCOC(=O)[C@H](C)NP(=O)(Oc1ccccc1)[C@H](F)c1ccc2sc(C(=O)N[C@H]3CCC[C@H]4CC[C@@H](C(=O)N5CC(c6cnccc6N(C)C)C5)N4C3=O)cc2c1. The number of carbonyl (C=O) groups is 4. The Morgan fingerprint density at radius 3 is 2.57 bits per heavy atom. The molecule has 0 aliphatic carbocycles. The van der Waals surface area contributed by atoms with Crippen molar-refractivity contribution in [1.29, 1.82) is 0 Å². The van der Waals surface area contributed by atoms with Crippen molar-refractivity contribution in [3.8, 4) is 5.75 Å².